The minimum atomic E-state index is -0.291. The Morgan fingerprint density at radius 2 is 2.33 bits per heavy atom. The molecule has 0 spiro atoms. The Morgan fingerprint density at radius 3 is 2.93 bits per heavy atom. The molecule has 4 heteroatoms. The van der Waals surface area contributed by atoms with E-state index in [1.807, 2.05) is 0 Å². The molecule has 1 aliphatic heterocycles. The molecule has 1 aromatic rings. The molecule has 0 saturated carbocycles. The predicted octanol–water partition coefficient (Wildman–Crippen LogP) is 2.25. The summed E-state index contributed by atoms with van der Waals surface area (Å²) in [5.41, 5.74) is 6.90. The van der Waals surface area contributed by atoms with Crippen molar-refractivity contribution in [2.75, 3.05) is 13.2 Å². The highest BCUT2D eigenvalue weighted by Crippen LogP contribution is 2.26. The van der Waals surface area contributed by atoms with Gasteiger partial charge in [-0.2, -0.15) is 0 Å². The van der Waals surface area contributed by atoms with Gasteiger partial charge in [-0.1, -0.05) is 22.0 Å². The fourth-order valence-corrected chi connectivity index (χ4v) is 2.30. The Labute approximate surface area is 96.7 Å². The van der Waals surface area contributed by atoms with Crippen molar-refractivity contribution in [3.05, 3.63) is 34.1 Å². The van der Waals surface area contributed by atoms with Gasteiger partial charge in [0.1, 0.15) is 5.82 Å². The van der Waals surface area contributed by atoms with Crippen LogP contribution in [0.5, 0.6) is 0 Å². The van der Waals surface area contributed by atoms with Crippen LogP contribution < -0.4 is 5.73 Å². The lowest BCUT2D eigenvalue weighted by Crippen LogP contribution is -2.42. The van der Waals surface area contributed by atoms with Gasteiger partial charge in [0.2, 0.25) is 0 Å². The number of benzene rings is 1. The highest BCUT2D eigenvalue weighted by molar-refractivity contribution is 9.10. The van der Waals surface area contributed by atoms with Crippen LogP contribution in [-0.2, 0) is 11.2 Å². The van der Waals surface area contributed by atoms with Crippen molar-refractivity contribution >= 4 is 15.9 Å². The summed E-state index contributed by atoms with van der Waals surface area (Å²) in [6.07, 6.45) is 1.57. The lowest BCUT2D eigenvalue weighted by molar-refractivity contribution is 0.178. The molecule has 0 aromatic heterocycles. The zero-order chi connectivity index (χ0) is 10.9. The summed E-state index contributed by atoms with van der Waals surface area (Å²) in [6.45, 7) is 1.30. The van der Waals surface area contributed by atoms with Gasteiger partial charge in [-0.25, -0.2) is 4.39 Å². The second-order valence-corrected chi connectivity index (χ2v) is 4.93. The number of hydrogen-bond acceptors (Lipinski definition) is 2. The fourth-order valence-electron chi connectivity index (χ4n) is 1.81. The summed E-state index contributed by atoms with van der Waals surface area (Å²) in [7, 11) is 0. The van der Waals surface area contributed by atoms with E-state index >= 15 is 0 Å². The molecule has 1 unspecified atom stereocenters. The molecule has 1 heterocycles. The maximum Gasteiger partial charge on any atom is 0.124 e. The minimum Gasteiger partial charge on any atom is -0.379 e. The van der Waals surface area contributed by atoms with Gasteiger partial charge in [0.05, 0.1) is 6.61 Å². The van der Waals surface area contributed by atoms with E-state index in [9.17, 15) is 4.39 Å². The Kier molecular flexibility index (Phi) is 3.09. The second-order valence-electron chi connectivity index (χ2n) is 4.08. The molecule has 0 aliphatic carbocycles. The van der Waals surface area contributed by atoms with Gasteiger partial charge in [0.25, 0.3) is 0 Å². The van der Waals surface area contributed by atoms with Crippen molar-refractivity contribution in [3.63, 3.8) is 0 Å². The number of nitrogens with two attached hydrogens (primary N) is 1. The Hall–Kier alpha value is -0.450. The van der Waals surface area contributed by atoms with Crippen LogP contribution in [0.3, 0.4) is 0 Å². The summed E-state index contributed by atoms with van der Waals surface area (Å²) in [6, 6.07) is 4.69. The lowest BCUT2D eigenvalue weighted by Gasteiger charge is -2.22. The first-order valence-electron chi connectivity index (χ1n) is 4.90. The first-order chi connectivity index (χ1) is 7.09. The van der Waals surface area contributed by atoms with Crippen molar-refractivity contribution in [2.24, 2.45) is 5.73 Å². The standard InChI is InChI=1S/C11H13BrFNO/c12-10-5-9(13)2-1-8(10)6-11(14)3-4-15-7-11/h1-2,5H,3-4,6-7,14H2. The van der Waals surface area contributed by atoms with Gasteiger partial charge in [0.15, 0.2) is 0 Å². The van der Waals surface area contributed by atoms with Crippen LogP contribution in [-0.4, -0.2) is 18.8 Å². The smallest absolute Gasteiger partial charge is 0.124 e. The predicted molar refractivity (Wildman–Crippen MR) is 60.2 cm³/mol. The van der Waals surface area contributed by atoms with E-state index < -0.39 is 0 Å². The Morgan fingerprint density at radius 1 is 1.53 bits per heavy atom. The molecule has 0 radical (unpaired) electrons. The molecule has 1 aromatic carbocycles. The Balaban J connectivity index is 2.16. The SMILES string of the molecule is NC1(Cc2ccc(F)cc2Br)CCOC1. The van der Waals surface area contributed by atoms with Crippen LogP contribution in [0.25, 0.3) is 0 Å². The van der Waals surface area contributed by atoms with Gasteiger partial charge in [-0.3, -0.25) is 0 Å². The van der Waals surface area contributed by atoms with Gasteiger partial charge >= 0.3 is 0 Å². The summed E-state index contributed by atoms with van der Waals surface area (Å²) in [5.74, 6) is -0.237. The zero-order valence-corrected chi connectivity index (χ0v) is 9.89. The molecule has 0 bridgehead atoms. The molecule has 1 aliphatic rings. The molecular weight excluding hydrogens is 261 g/mol. The second kappa shape index (κ2) is 4.20. The van der Waals surface area contributed by atoms with E-state index in [2.05, 4.69) is 15.9 Å². The van der Waals surface area contributed by atoms with Crippen molar-refractivity contribution in [1.82, 2.24) is 0 Å². The average molecular weight is 274 g/mol. The van der Waals surface area contributed by atoms with Gasteiger partial charge in [0, 0.05) is 16.6 Å². The van der Waals surface area contributed by atoms with E-state index in [0.29, 0.717) is 13.0 Å². The third kappa shape index (κ3) is 2.56. The topological polar surface area (TPSA) is 35.2 Å². The largest absolute Gasteiger partial charge is 0.379 e. The van der Waals surface area contributed by atoms with E-state index in [0.717, 1.165) is 23.1 Å². The van der Waals surface area contributed by atoms with Crippen LogP contribution in [0, 0.1) is 5.82 Å². The minimum absolute atomic E-state index is 0.237. The molecule has 0 amide bonds. The van der Waals surface area contributed by atoms with E-state index in [1.165, 1.54) is 12.1 Å². The first-order valence-corrected chi connectivity index (χ1v) is 5.69. The van der Waals surface area contributed by atoms with Crippen LogP contribution in [0.2, 0.25) is 0 Å². The molecule has 2 N–H and O–H groups in total. The van der Waals surface area contributed by atoms with E-state index in [1.54, 1.807) is 6.07 Å². The van der Waals surface area contributed by atoms with Crippen molar-refractivity contribution in [3.8, 4) is 0 Å². The Bertz CT molecular complexity index is 364. The van der Waals surface area contributed by atoms with Crippen molar-refractivity contribution < 1.29 is 9.13 Å². The van der Waals surface area contributed by atoms with Crippen molar-refractivity contribution in [1.29, 1.82) is 0 Å². The number of ether oxygens (including phenoxy) is 1. The fraction of sp³-hybridized carbons (Fsp3) is 0.455. The molecule has 2 nitrogen and oxygen atoms in total. The molecule has 1 atom stereocenters. The van der Waals surface area contributed by atoms with Crippen LogP contribution in [0.15, 0.2) is 22.7 Å². The number of rotatable bonds is 2. The summed E-state index contributed by atoms with van der Waals surface area (Å²) in [5, 5.41) is 0. The van der Waals surface area contributed by atoms with Gasteiger partial charge < -0.3 is 10.5 Å². The van der Waals surface area contributed by atoms with E-state index in [-0.39, 0.29) is 11.4 Å². The highest BCUT2D eigenvalue weighted by atomic mass is 79.9. The maximum atomic E-state index is 12.9. The zero-order valence-electron chi connectivity index (χ0n) is 8.30. The summed E-state index contributed by atoms with van der Waals surface area (Å²) < 4.78 is 18.9. The summed E-state index contributed by atoms with van der Waals surface area (Å²) in [4.78, 5) is 0. The van der Waals surface area contributed by atoms with Gasteiger partial charge in [-0.05, 0) is 30.5 Å². The monoisotopic (exact) mass is 273 g/mol. The van der Waals surface area contributed by atoms with Gasteiger partial charge in [-0.15, -0.1) is 0 Å². The van der Waals surface area contributed by atoms with Crippen LogP contribution in [0.1, 0.15) is 12.0 Å². The average Bonchev–Trinajstić information content (AvgIpc) is 2.58. The van der Waals surface area contributed by atoms with Crippen molar-refractivity contribution in [2.45, 2.75) is 18.4 Å². The third-order valence-corrected chi connectivity index (χ3v) is 3.43. The number of halogens is 2. The third-order valence-electron chi connectivity index (χ3n) is 2.69. The summed E-state index contributed by atoms with van der Waals surface area (Å²) >= 11 is 3.34. The molecule has 15 heavy (non-hydrogen) atoms. The molecular formula is C11H13BrFNO. The first kappa shape index (κ1) is 11.0. The van der Waals surface area contributed by atoms with E-state index in [4.69, 9.17) is 10.5 Å². The highest BCUT2D eigenvalue weighted by Gasteiger charge is 2.31. The molecule has 1 saturated heterocycles. The number of hydrogen-bond donors (Lipinski definition) is 1. The lowest BCUT2D eigenvalue weighted by atomic mass is 9.91. The van der Waals surface area contributed by atoms with Crippen LogP contribution >= 0.6 is 15.9 Å². The molecule has 2 rings (SSSR count). The van der Waals surface area contributed by atoms with Crippen LogP contribution in [0.4, 0.5) is 4.39 Å². The normalized spacial score (nSPS) is 25.8. The maximum absolute atomic E-state index is 12.9. The molecule has 82 valence electrons. The molecule has 1 fully saturated rings. The quantitative estimate of drug-likeness (QED) is 0.897.